The molecular weight excluding hydrogens is 206 g/mol. The van der Waals surface area contributed by atoms with Crippen molar-refractivity contribution in [1.82, 2.24) is 0 Å². The molecule has 0 saturated heterocycles. The van der Waals surface area contributed by atoms with Crippen molar-refractivity contribution in [2.75, 3.05) is 5.75 Å². The van der Waals surface area contributed by atoms with Gasteiger partial charge in [-0.25, -0.2) is 0 Å². The Bertz CT molecular complexity index is 226. The summed E-state index contributed by atoms with van der Waals surface area (Å²) >= 11 is 0. The summed E-state index contributed by atoms with van der Waals surface area (Å²) in [6.07, 6.45) is 9.94. The van der Waals surface area contributed by atoms with Gasteiger partial charge in [-0.2, -0.15) is 0 Å². The second-order valence-corrected chi connectivity index (χ2v) is 6.88. The van der Waals surface area contributed by atoms with E-state index >= 15 is 0 Å². The molecular formula is C12H23NOS. The van der Waals surface area contributed by atoms with E-state index in [0.29, 0.717) is 5.25 Å². The Morgan fingerprint density at radius 1 is 1.00 bits per heavy atom. The van der Waals surface area contributed by atoms with E-state index < -0.39 is 10.8 Å². The van der Waals surface area contributed by atoms with Crippen LogP contribution in [0.15, 0.2) is 0 Å². The standard InChI is InChI=1S/C12H23NOS/c13-11-7-3-4-8-12(11)15(14)9-10-5-1-2-6-10/h10-12H,1-9,13H2. The zero-order chi connectivity index (χ0) is 10.7. The van der Waals surface area contributed by atoms with Crippen molar-refractivity contribution in [2.45, 2.75) is 62.7 Å². The molecule has 0 aromatic heterocycles. The Morgan fingerprint density at radius 2 is 1.60 bits per heavy atom. The third-order valence-electron chi connectivity index (χ3n) is 3.97. The summed E-state index contributed by atoms with van der Waals surface area (Å²) in [6.45, 7) is 0. The highest BCUT2D eigenvalue weighted by Crippen LogP contribution is 2.28. The van der Waals surface area contributed by atoms with E-state index in [1.54, 1.807) is 0 Å². The van der Waals surface area contributed by atoms with Crippen LogP contribution >= 0.6 is 0 Å². The number of hydrogen-bond donors (Lipinski definition) is 1. The quantitative estimate of drug-likeness (QED) is 0.806. The average molecular weight is 229 g/mol. The summed E-state index contributed by atoms with van der Waals surface area (Å²) in [5.74, 6) is 1.67. The van der Waals surface area contributed by atoms with Gasteiger partial charge in [0.2, 0.25) is 0 Å². The van der Waals surface area contributed by atoms with Crippen LogP contribution in [-0.2, 0) is 10.8 Å². The number of nitrogens with two attached hydrogens (primary N) is 1. The maximum absolute atomic E-state index is 12.2. The maximum atomic E-state index is 12.2. The highest BCUT2D eigenvalue weighted by Gasteiger charge is 2.29. The van der Waals surface area contributed by atoms with E-state index in [4.69, 9.17) is 5.73 Å². The minimum absolute atomic E-state index is 0.209. The zero-order valence-corrected chi connectivity index (χ0v) is 10.3. The molecule has 0 radical (unpaired) electrons. The molecule has 15 heavy (non-hydrogen) atoms. The highest BCUT2D eigenvalue weighted by molar-refractivity contribution is 7.85. The second-order valence-electron chi connectivity index (χ2n) is 5.18. The molecule has 2 nitrogen and oxygen atoms in total. The fraction of sp³-hybridized carbons (Fsp3) is 1.00. The van der Waals surface area contributed by atoms with Crippen LogP contribution < -0.4 is 5.73 Å². The van der Waals surface area contributed by atoms with Crippen LogP contribution in [0.4, 0.5) is 0 Å². The summed E-state index contributed by atoms with van der Waals surface area (Å²) in [6, 6.07) is 0.209. The van der Waals surface area contributed by atoms with Crippen LogP contribution in [0.3, 0.4) is 0 Å². The third-order valence-corrected chi connectivity index (χ3v) is 6.03. The fourth-order valence-corrected chi connectivity index (χ4v) is 4.99. The fourth-order valence-electron chi connectivity index (χ4n) is 2.98. The molecule has 2 aliphatic rings. The monoisotopic (exact) mass is 229 g/mol. The molecule has 0 aliphatic heterocycles. The van der Waals surface area contributed by atoms with E-state index in [9.17, 15) is 4.21 Å². The minimum atomic E-state index is -0.651. The predicted molar refractivity (Wildman–Crippen MR) is 65.2 cm³/mol. The van der Waals surface area contributed by atoms with Crippen molar-refractivity contribution >= 4 is 10.8 Å². The molecule has 2 rings (SSSR count). The molecule has 0 aromatic rings. The molecule has 0 heterocycles. The maximum Gasteiger partial charge on any atom is 0.0499 e. The topological polar surface area (TPSA) is 43.1 Å². The molecule has 0 amide bonds. The van der Waals surface area contributed by atoms with E-state index in [2.05, 4.69) is 0 Å². The summed E-state index contributed by atoms with van der Waals surface area (Å²) in [7, 11) is -0.651. The van der Waals surface area contributed by atoms with Crippen LogP contribution in [0.1, 0.15) is 51.4 Å². The Labute approximate surface area is 95.5 Å². The van der Waals surface area contributed by atoms with E-state index in [1.807, 2.05) is 0 Å². The van der Waals surface area contributed by atoms with Crippen molar-refractivity contribution in [3.63, 3.8) is 0 Å². The Kier molecular flexibility index (Phi) is 4.21. The number of rotatable bonds is 3. The zero-order valence-electron chi connectivity index (χ0n) is 9.49. The molecule has 2 aliphatic carbocycles. The second kappa shape index (κ2) is 5.44. The lowest BCUT2D eigenvalue weighted by Crippen LogP contribution is -2.41. The van der Waals surface area contributed by atoms with Crippen LogP contribution in [0.25, 0.3) is 0 Å². The van der Waals surface area contributed by atoms with Crippen LogP contribution in [0, 0.1) is 5.92 Å². The van der Waals surface area contributed by atoms with Gasteiger partial charge in [0, 0.05) is 27.8 Å². The summed E-state index contributed by atoms with van der Waals surface area (Å²) in [4.78, 5) is 0. The van der Waals surface area contributed by atoms with E-state index in [0.717, 1.165) is 24.5 Å². The normalized spacial score (nSPS) is 35.5. The first-order valence-electron chi connectivity index (χ1n) is 6.40. The molecule has 0 bridgehead atoms. The van der Waals surface area contributed by atoms with E-state index in [-0.39, 0.29) is 6.04 Å². The van der Waals surface area contributed by atoms with Gasteiger partial charge in [0.05, 0.1) is 0 Å². The Balaban J connectivity index is 1.83. The molecule has 3 heteroatoms. The third kappa shape index (κ3) is 3.04. The van der Waals surface area contributed by atoms with Crippen LogP contribution in [0.5, 0.6) is 0 Å². The summed E-state index contributed by atoms with van der Waals surface area (Å²) in [5, 5.41) is 0.305. The van der Waals surface area contributed by atoms with Crippen LogP contribution in [-0.4, -0.2) is 21.3 Å². The largest absolute Gasteiger partial charge is 0.327 e. The molecule has 2 N–H and O–H groups in total. The highest BCUT2D eigenvalue weighted by atomic mass is 32.2. The van der Waals surface area contributed by atoms with E-state index in [1.165, 1.54) is 38.5 Å². The lowest BCUT2D eigenvalue weighted by atomic mass is 9.96. The van der Waals surface area contributed by atoms with Gasteiger partial charge in [-0.15, -0.1) is 0 Å². The predicted octanol–water partition coefficient (Wildman–Crippen LogP) is 2.20. The minimum Gasteiger partial charge on any atom is -0.327 e. The van der Waals surface area contributed by atoms with Gasteiger partial charge >= 0.3 is 0 Å². The van der Waals surface area contributed by atoms with Gasteiger partial charge in [0.15, 0.2) is 0 Å². The van der Waals surface area contributed by atoms with Gasteiger partial charge in [0.25, 0.3) is 0 Å². The van der Waals surface area contributed by atoms with Gasteiger partial charge in [-0.3, -0.25) is 4.21 Å². The Hall–Kier alpha value is 0.110. The first kappa shape index (κ1) is 11.6. The molecule has 3 unspecified atom stereocenters. The van der Waals surface area contributed by atoms with Gasteiger partial charge in [-0.05, 0) is 31.6 Å². The summed E-state index contributed by atoms with van der Waals surface area (Å²) < 4.78 is 12.2. The first-order chi connectivity index (χ1) is 7.27. The molecule has 0 spiro atoms. The molecule has 3 atom stereocenters. The molecule has 2 saturated carbocycles. The summed E-state index contributed by atoms with van der Waals surface area (Å²) in [5.41, 5.74) is 6.06. The average Bonchev–Trinajstić information content (AvgIpc) is 2.71. The van der Waals surface area contributed by atoms with Crippen molar-refractivity contribution < 1.29 is 4.21 Å². The van der Waals surface area contributed by atoms with Crippen molar-refractivity contribution in [1.29, 1.82) is 0 Å². The van der Waals surface area contributed by atoms with Crippen molar-refractivity contribution in [3.05, 3.63) is 0 Å². The smallest absolute Gasteiger partial charge is 0.0499 e. The first-order valence-corrected chi connectivity index (χ1v) is 7.78. The molecule has 2 fully saturated rings. The van der Waals surface area contributed by atoms with Gasteiger partial charge < -0.3 is 5.73 Å². The lowest BCUT2D eigenvalue weighted by Gasteiger charge is -2.28. The van der Waals surface area contributed by atoms with Crippen molar-refractivity contribution in [3.8, 4) is 0 Å². The number of hydrogen-bond acceptors (Lipinski definition) is 2. The van der Waals surface area contributed by atoms with Crippen LogP contribution in [0.2, 0.25) is 0 Å². The SMILES string of the molecule is NC1CCCCC1S(=O)CC1CCCC1. The molecule has 0 aromatic carbocycles. The van der Waals surface area contributed by atoms with Crippen molar-refractivity contribution in [2.24, 2.45) is 11.7 Å². The van der Waals surface area contributed by atoms with Gasteiger partial charge in [0.1, 0.15) is 0 Å². The molecule has 88 valence electrons. The Morgan fingerprint density at radius 3 is 2.27 bits per heavy atom. The van der Waals surface area contributed by atoms with Gasteiger partial charge in [-0.1, -0.05) is 25.7 Å². The lowest BCUT2D eigenvalue weighted by molar-refractivity contribution is 0.443.